The van der Waals surface area contributed by atoms with Gasteiger partial charge in [0.25, 0.3) is 0 Å². The highest BCUT2D eigenvalue weighted by atomic mass is 35.5. The summed E-state index contributed by atoms with van der Waals surface area (Å²) in [6.45, 7) is 1.43. The summed E-state index contributed by atoms with van der Waals surface area (Å²) in [5.74, 6) is 0. The first kappa shape index (κ1) is 14.0. The van der Waals surface area contributed by atoms with Crippen molar-refractivity contribution in [1.82, 2.24) is 10.3 Å². The summed E-state index contributed by atoms with van der Waals surface area (Å²) in [6, 6.07) is 2.81. The van der Waals surface area contributed by atoms with Crippen molar-refractivity contribution in [3.8, 4) is 0 Å². The molecular weight excluding hydrogens is 266 g/mol. The molecule has 0 radical (unpaired) electrons. The van der Waals surface area contributed by atoms with E-state index in [1.807, 2.05) is 0 Å². The van der Waals surface area contributed by atoms with Crippen LogP contribution in [0.15, 0.2) is 23.4 Å². The van der Waals surface area contributed by atoms with Gasteiger partial charge in [0.05, 0.1) is 21.0 Å². The number of nitro groups is 1. The van der Waals surface area contributed by atoms with Gasteiger partial charge in [-0.25, -0.2) is 4.98 Å². The molecule has 1 saturated heterocycles. The van der Waals surface area contributed by atoms with Crippen LogP contribution in [-0.2, 0) is 10.8 Å². The van der Waals surface area contributed by atoms with Gasteiger partial charge < -0.3 is 5.32 Å². The van der Waals surface area contributed by atoms with Crippen LogP contribution in [0.3, 0.4) is 0 Å². The molecule has 17 heavy (non-hydrogen) atoms. The SMILES string of the molecule is Cl.O=[N+]([O-])c1cccnc1[S@](=O)[C@@H]1CCNC1. The van der Waals surface area contributed by atoms with Gasteiger partial charge in [0.1, 0.15) is 0 Å². The highest BCUT2D eigenvalue weighted by molar-refractivity contribution is 7.85. The number of pyridine rings is 1. The average molecular weight is 278 g/mol. The molecule has 0 aromatic carbocycles. The summed E-state index contributed by atoms with van der Waals surface area (Å²) in [5.41, 5.74) is -0.160. The van der Waals surface area contributed by atoms with E-state index in [0.717, 1.165) is 13.0 Å². The van der Waals surface area contributed by atoms with Crippen LogP contribution in [0.25, 0.3) is 0 Å². The smallest absolute Gasteiger partial charge is 0.303 e. The second-order valence-corrected chi connectivity index (χ2v) is 5.15. The maximum atomic E-state index is 12.1. The van der Waals surface area contributed by atoms with Crippen LogP contribution in [0.2, 0.25) is 0 Å². The fraction of sp³-hybridized carbons (Fsp3) is 0.444. The second-order valence-electron chi connectivity index (χ2n) is 3.50. The quantitative estimate of drug-likeness (QED) is 0.655. The van der Waals surface area contributed by atoms with Crippen molar-refractivity contribution in [1.29, 1.82) is 0 Å². The van der Waals surface area contributed by atoms with Crippen LogP contribution >= 0.6 is 12.4 Å². The first-order valence-electron chi connectivity index (χ1n) is 4.91. The number of nitrogens with zero attached hydrogens (tertiary/aromatic N) is 2. The van der Waals surface area contributed by atoms with Crippen LogP contribution in [0, 0.1) is 10.1 Å². The predicted molar refractivity (Wildman–Crippen MR) is 65.8 cm³/mol. The molecule has 1 aromatic rings. The lowest BCUT2D eigenvalue weighted by Gasteiger charge is -2.07. The molecule has 2 heterocycles. The minimum absolute atomic E-state index is 0. The van der Waals surface area contributed by atoms with Crippen LogP contribution in [0.1, 0.15) is 6.42 Å². The van der Waals surface area contributed by atoms with Crippen molar-refractivity contribution >= 4 is 28.9 Å². The number of nitrogens with one attached hydrogen (secondary N) is 1. The molecule has 0 saturated carbocycles. The van der Waals surface area contributed by atoms with Crippen molar-refractivity contribution in [2.24, 2.45) is 0 Å². The van der Waals surface area contributed by atoms with Gasteiger partial charge in [0, 0.05) is 18.8 Å². The lowest BCUT2D eigenvalue weighted by molar-refractivity contribution is -0.388. The van der Waals surface area contributed by atoms with Gasteiger partial charge in [-0.3, -0.25) is 14.3 Å². The van der Waals surface area contributed by atoms with Gasteiger partial charge in [-0.15, -0.1) is 12.4 Å². The standard InChI is InChI=1S/C9H11N3O3S.ClH/c13-12(14)8-2-1-4-11-9(8)16(15)7-3-5-10-6-7;/h1-2,4,7,10H,3,5-6H2;1H/t7-,16-;/m1./s1. The Bertz CT molecular complexity index is 437. The lowest BCUT2D eigenvalue weighted by atomic mass is 10.4. The van der Waals surface area contributed by atoms with E-state index in [1.165, 1.54) is 18.3 Å². The highest BCUT2D eigenvalue weighted by Crippen LogP contribution is 2.23. The fourth-order valence-electron chi connectivity index (χ4n) is 1.65. The molecular formula is C9H12ClN3O3S. The lowest BCUT2D eigenvalue weighted by Crippen LogP contribution is -2.20. The van der Waals surface area contributed by atoms with Crippen molar-refractivity contribution in [2.45, 2.75) is 16.7 Å². The Balaban J connectivity index is 0.00000144. The Morgan fingerprint density at radius 3 is 2.94 bits per heavy atom. The Kier molecular flexibility index (Phi) is 4.98. The fourth-order valence-corrected chi connectivity index (χ4v) is 3.08. The van der Waals surface area contributed by atoms with E-state index >= 15 is 0 Å². The summed E-state index contributed by atoms with van der Waals surface area (Å²) in [7, 11) is -1.41. The Labute approximate surface area is 107 Å². The van der Waals surface area contributed by atoms with Gasteiger partial charge in [-0.1, -0.05) is 0 Å². The molecule has 0 aliphatic carbocycles. The normalized spacial score (nSPS) is 20.6. The van der Waals surface area contributed by atoms with E-state index < -0.39 is 15.7 Å². The maximum Gasteiger partial charge on any atom is 0.303 e. The molecule has 2 rings (SSSR count). The zero-order chi connectivity index (χ0) is 11.5. The molecule has 1 aliphatic heterocycles. The predicted octanol–water partition coefficient (Wildman–Crippen LogP) is 0.881. The molecule has 0 spiro atoms. The van der Waals surface area contributed by atoms with Crippen LogP contribution in [0.5, 0.6) is 0 Å². The molecule has 1 fully saturated rings. The maximum absolute atomic E-state index is 12.1. The third kappa shape index (κ3) is 2.99. The summed E-state index contributed by atoms with van der Waals surface area (Å²) in [5, 5.41) is 13.8. The van der Waals surface area contributed by atoms with Gasteiger partial charge >= 0.3 is 5.69 Å². The molecule has 2 atom stereocenters. The van der Waals surface area contributed by atoms with Gasteiger partial charge in [0.15, 0.2) is 0 Å². The Hall–Kier alpha value is -1.05. The third-order valence-electron chi connectivity index (χ3n) is 2.46. The average Bonchev–Trinajstić information content (AvgIpc) is 2.81. The van der Waals surface area contributed by atoms with Crippen molar-refractivity contribution in [3.63, 3.8) is 0 Å². The zero-order valence-electron chi connectivity index (χ0n) is 8.87. The minimum atomic E-state index is -1.41. The Morgan fingerprint density at radius 2 is 2.35 bits per heavy atom. The summed E-state index contributed by atoms with van der Waals surface area (Å²) in [6.07, 6.45) is 2.20. The number of hydrogen-bond donors (Lipinski definition) is 1. The van der Waals surface area contributed by atoms with E-state index in [1.54, 1.807) is 0 Å². The minimum Gasteiger partial charge on any atom is -0.315 e. The van der Waals surface area contributed by atoms with Crippen LogP contribution in [0.4, 0.5) is 5.69 Å². The summed E-state index contributed by atoms with van der Waals surface area (Å²) < 4.78 is 12.1. The molecule has 1 aliphatic rings. The van der Waals surface area contributed by atoms with Crippen molar-refractivity contribution < 1.29 is 9.13 Å². The molecule has 0 unspecified atom stereocenters. The zero-order valence-corrected chi connectivity index (χ0v) is 10.5. The number of hydrogen-bond acceptors (Lipinski definition) is 5. The van der Waals surface area contributed by atoms with E-state index in [9.17, 15) is 14.3 Å². The number of rotatable bonds is 3. The molecule has 1 N–H and O–H groups in total. The Morgan fingerprint density at radius 1 is 1.59 bits per heavy atom. The van der Waals surface area contributed by atoms with E-state index in [-0.39, 0.29) is 28.4 Å². The highest BCUT2D eigenvalue weighted by Gasteiger charge is 2.28. The van der Waals surface area contributed by atoms with Crippen LogP contribution < -0.4 is 5.32 Å². The number of halogens is 1. The number of aromatic nitrogens is 1. The molecule has 6 nitrogen and oxygen atoms in total. The summed E-state index contributed by atoms with van der Waals surface area (Å²) in [4.78, 5) is 14.1. The monoisotopic (exact) mass is 277 g/mol. The van der Waals surface area contributed by atoms with Crippen molar-refractivity contribution in [3.05, 3.63) is 28.4 Å². The molecule has 0 amide bonds. The van der Waals surface area contributed by atoms with Gasteiger partial charge in [0.2, 0.25) is 5.03 Å². The van der Waals surface area contributed by atoms with E-state index in [4.69, 9.17) is 0 Å². The molecule has 1 aromatic heterocycles. The van der Waals surface area contributed by atoms with E-state index in [0.29, 0.717) is 6.54 Å². The van der Waals surface area contributed by atoms with E-state index in [2.05, 4.69) is 10.3 Å². The van der Waals surface area contributed by atoms with Gasteiger partial charge in [-0.2, -0.15) is 0 Å². The topological polar surface area (TPSA) is 85.1 Å². The third-order valence-corrected chi connectivity index (χ3v) is 4.16. The first-order valence-corrected chi connectivity index (χ1v) is 6.12. The van der Waals surface area contributed by atoms with Gasteiger partial charge in [-0.05, 0) is 19.0 Å². The largest absolute Gasteiger partial charge is 0.315 e. The molecule has 94 valence electrons. The summed E-state index contributed by atoms with van der Waals surface area (Å²) >= 11 is 0. The molecule has 0 bridgehead atoms. The first-order chi connectivity index (χ1) is 7.70. The van der Waals surface area contributed by atoms with Crippen molar-refractivity contribution in [2.75, 3.05) is 13.1 Å². The second kappa shape index (κ2) is 6.04. The molecule has 8 heteroatoms. The van der Waals surface area contributed by atoms with Crippen LogP contribution in [-0.4, -0.2) is 32.5 Å².